The van der Waals surface area contributed by atoms with E-state index in [4.69, 9.17) is 4.74 Å². The van der Waals surface area contributed by atoms with Gasteiger partial charge in [0.05, 0.1) is 12.2 Å². The van der Waals surface area contributed by atoms with Crippen molar-refractivity contribution in [3.8, 4) is 5.75 Å². The summed E-state index contributed by atoms with van der Waals surface area (Å²) < 4.78 is 20.7. The Balaban J connectivity index is 1.49. The van der Waals surface area contributed by atoms with E-state index in [-0.39, 0.29) is 11.9 Å². The number of rotatable bonds is 8. The van der Waals surface area contributed by atoms with Crippen LogP contribution in [-0.2, 0) is 6.42 Å². The molecule has 1 atom stereocenters. The third-order valence-corrected chi connectivity index (χ3v) is 4.09. The average molecular weight is 383 g/mol. The summed E-state index contributed by atoms with van der Waals surface area (Å²) in [6.45, 7) is 5.95. The highest BCUT2D eigenvalue weighted by atomic mass is 19.1. The number of guanidine groups is 1. The first-order valence-electron chi connectivity index (χ1n) is 9.51. The van der Waals surface area contributed by atoms with Gasteiger partial charge >= 0.3 is 0 Å². The molecule has 0 spiro atoms. The lowest BCUT2D eigenvalue weighted by Crippen LogP contribution is -2.39. The molecule has 2 heterocycles. The van der Waals surface area contributed by atoms with E-state index in [0.29, 0.717) is 12.3 Å². The minimum absolute atomic E-state index is 0.126. The molecule has 0 saturated heterocycles. The molecule has 0 bridgehead atoms. The molecule has 0 radical (unpaired) electrons. The summed E-state index contributed by atoms with van der Waals surface area (Å²) in [7, 11) is 0. The Morgan fingerprint density at radius 1 is 1.21 bits per heavy atom. The van der Waals surface area contributed by atoms with Crippen molar-refractivity contribution in [2.45, 2.75) is 26.4 Å². The number of halogens is 1. The lowest BCUT2D eigenvalue weighted by atomic mass is 10.3. The number of imidazole rings is 1. The topological polar surface area (TPSA) is 63.0 Å². The molecule has 0 aliphatic heterocycles. The fourth-order valence-corrected chi connectivity index (χ4v) is 2.76. The average Bonchev–Trinajstić information content (AvgIpc) is 3.11. The van der Waals surface area contributed by atoms with E-state index < -0.39 is 0 Å². The lowest BCUT2D eigenvalue weighted by Gasteiger charge is -2.15. The molecule has 3 rings (SSSR count). The quantitative estimate of drug-likeness (QED) is 0.464. The van der Waals surface area contributed by atoms with Crippen molar-refractivity contribution < 1.29 is 9.13 Å². The second-order valence-corrected chi connectivity index (χ2v) is 6.48. The summed E-state index contributed by atoms with van der Waals surface area (Å²) in [5.74, 6) is 1.09. The van der Waals surface area contributed by atoms with Crippen LogP contribution in [0.4, 0.5) is 4.39 Å². The van der Waals surface area contributed by atoms with Crippen molar-refractivity contribution in [2.24, 2.45) is 4.99 Å². The maximum atomic E-state index is 13.0. The van der Waals surface area contributed by atoms with Gasteiger partial charge in [-0.05, 0) is 50.2 Å². The van der Waals surface area contributed by atoms with Gasteiger partial charge in [0.15, 0.2) is 5.96 Å². The Morgan fingerprint density at radius 3 is 2.79 bits per heavy atom. The van der Waals surface area contributed by atoms with Crippen LogP contribution in [0.3, 0.4) is 0 Å². The molecule has 148 valence electrons. The van der Waals surface area contributed by atoms with Crippen molar-refractivity contribution >= 4 is 11.6 Å². The summed E-state index contributed by atoms with van der Waals surface area (Å²) >= 11 is 0. The van der Waals surface area contributed by atoms with Crippen molar-refractivity contribution in [1.82, 2.24) is 20.0 Å². The number of aromatic nitrogens is 2. The van der Waals surface area contributed by atoms with Gasteiger partial charge in [0.1, 0.15) is 23.3 Å². The molecule has 1 unspecified atom stereocenters. The SMILES string of the molecule is CCNC(=NCC(C)Oc1ccc(F)cc1)NCCc1cn2ccccc2n1. The van der Waals surface area contributed by atoms with E-state index >= 15 is 0 Å². The van der Waals surface area contributed by atoms with E-state index in [1.807, 2.05) is 48.8 Å². The number of benzene rings is 1. The monoisotopic (exact) mass is 383 g/mol. The fourth-order valence-electron chi connectivity index (χ4n) is 2.76. The van der Waals surface area contributed by atoms with Crippen molar-refractivity contribution in [1.29, 1.82) is 0 Å². The van der Waals surface area contributed by atoms with Crippen LogP contribution in [0, 0.1) is 5.82 Å². The van der Waals surface area contributed by atoms with Crippen LogP contribution in [0.25, 0.3) is 5.65 Å². The van der Waals surface area contributed by atoms with Gasteiger partial charge in [0.2, 0.25) is 0 Å². The Bertz CT molecular complexity index is 874. The van der Waals surface area contributed by atoms with Crippen molar-refractivity contribution in [3.05, 3.63) is 66.4 Å². The van der Waals surface area contributed by atoms with Crippen LogP contribution >= 0.6 is 0 Å². The van der Waals surface area contributed by atoms with Gasteiger partial charge in [0.25, 0.3) is 0 Å². The van der Waals surface area contributed by atoms with Crippen LogP contribution in [0.5, 0.6) is 5.75 Å². The molecule has 1 aromatic carbocycles. The maximum absolute atomic E-state index is 13.0. The fraction of sp³-hybridized carbons (Fsp3) is 0.333. The first-order chi connectivity index (χ1) is 13.6. The lowest BCUT2D eigenvalue weighted by molar-refractivity contribution is 0.230. The zero-order valence-electron chi connectivity index (χ0n) is 16.2. The van der Waals surface area contributed by atoms with Gasteiger partial charge in [-0.3, -0.25) is 0 Å². The predicted molar refractivity (Wildman–Crippen MR) is 109 cm³/mol. The van der Waals surface area contributed by atoms with E-state index in [9.17, 15) is 4.39 Å². The third-order valence-electron chi connectivity index (χ3n) is 4.09. The van der Waals surface area contributed by atoms with E-state index in [0.717, 1.165) is 36.8 Å². The molecule has 0 aliphatic rings. The Hall–Kier alpha value is -3.09. The van der Waals surface area contributed by atoms with Crippen LogP contribution < -0.4 is 15.4 Å². The molecule has 2 aromatic heterocycles. The highest BCUT2D eigenvalue weighted by Crippen LogP contribution is 2.13. The number of hydrogen-bond donors (Lipinski definition) is 2. The largest absolute Gasteiger partial charge is 0.489 e. The standard InChI is InChI=1S/C21H26FN5O/c1-3-23-21(25-14-16(2)28-19-9-7-17(22)8-10-19)24-12-11-18-15-27-13-5-4-6-20(27)26-18/h4-10,13,15-16H,3,11-12,14H2,1-2H3,(H2,23,24,25). The first-order valence-corrected chi connectivity index (χ1v) is 9.51. The van der Waals surface area contributed by atoms with Gasteiger partial charge in [-0.1, -0.05) is 6.07 Å². The maximum Gasteiger partial charge on any atom is 0.191 e. The molecule has 3 aromatic rings. The number of nitrogens with one attached hydrogen (secondary N) is 2. The van der Waals surface area contributed by atoms with Crippen LogP contribution in [0.1, 0.15) is 19.5 Å². The predicted octanol–water partition coefficient (Wildman–Crippen LogP) is 3.04. The van der Waals surface area contributed by atoms with Crippen molar-refractivity contribution in [2.75, 3.05) is 19.6 Å². The smallest absolute Gasteiger partial charge is 0.191 e. The Morgan fingerprint density at radius 2 is 2.04 bits per heavy atom. The zero-order chi connectivity index (χ0) is 19.8. The van der Waals surface area contributed by atoms with E-state index in [1.54, 1.807) is 12.1 Å². The van der Waals surface area contributed by atoms with Gasteiger partial charge in [-0.15, -0.1) is 0 Å². The molecule has 7 heteroatoms. The Kier molecular flexibility index (Phi) is 6.84. The van der Waals surface area contributed by atoms with Gasteiger partial charge in [0, 0.05) is 31.9 Å². The summed E-state index contributed by atoms with van der Waals surface area (Å²) in [4.78, 5) is 9.17. The van der Waals surface area contributed by atoms with Crippen LogP contribution in [0.2, 0.25) is 0 Å². The zero-order valence-corrected chi connectivity index (χ0v) is 16.2. The molecule has 28 heavy (non-hydrogen) atoms. The minimum atomic E-state index is -0.276. The van der Waals surface area contributed by atoms with Gasteiger partial charge in [-0.2, -0.15) is 0 Å². The molecular weight excluding hydrogens is 357 g/mol. The van der Waals surface area contributed by atoms with E-state index in [2.05, 4.69) is 20.6 Å². The highest BCUT2D eigenvalue weighted by Gasteiger charge is 2.06. The molecule has 0 amide bonds. The molecule has 6 nitrogen and oxygen atoms in total. The first kappa shape index (κ1) is 19.7. The number of nitrogens with zero attached hydrogens (tertiary/aromatic N) is 3. The van der Waals surface area contributed by atoms with Gasteiger partial charge in [-0.25, -0.2) is 14.4 Å². The van der Waals surface area contributed by atoms with Crippen LogP contribution in [-0.4, -0.2) is 41.1 Å². The highest BCUT2D eigenvalue weighted by molar-refractivity contribution is 5.79. The number of pyridine rings is 1. The normalized spacial score (nSPS) is 12.8. The molecule has 0 saturated carbocycles. The van der Waals surface area contributed by atoms with Gasteiger partial charge < -0.3 is 19.8 Å². The number of fused-ring (bicyclic) bond motifs is 1. The van der Waals surface area contributed by atoms with Crippen LogP contribution in [0.15, 0.2) is 59.9 Å². The van der Waals surface area contributed by atoms with Crippen molar-refractivity contribution in [3.63, 3.8) is 0 Å². The summed E-state index contributed by atoms with van der Waals surface area (Å²) in [6, 6.07) is 12.0. The summed E-state index contributed by atoms with van der Waals surface area (Å²) in [5, 5.41) is 6.55. The number of hydrogen-bond acceptors (Lipinski definition) is 3. The number of ether oxygens (including phenoxy) is 1. The molecule has 0 fully saturated rings. The summed E-state index contributed by atoms with van der Waals surface area (Å²) in [6.07, 6.45) is 4.71. The molecule has 2 N–H and O–H groups in total. The second kappa shape index (κ2) is 9.73. The van der Waals surface area contributed by atoms with E-state index in [1.165, 1.54) is 12.1 Å². The number of aliphatic imine (C=N–C) groups is 1. The summed E-state index contributed by atoms with van der Waals surface area (Å²) in [5.41, 5.74) is 1.98. The molecule has 0 aliphatic carbocycles. The Labute approximate surface area is 164 Å². The minimum Gasteiger partial charge on any atom is -0.489 e. The second-order valence-electron chi connectivity index (χ2n) is 6.48. The third kappa shape index (κ3) is 5.70. The molecular formula is C21H26FN5O.